The summed E-state index contributed by atoms with van der Waals surface area (Å²) in [7, 11) is 3.87. The van der Waals surface area contributed by atoms with Crippen molar-refractivity contribution in [3.8, 4) is 5.69 Å². The van der Waals surface area contributed by atoms with Crippen LogP contribution in [0.25, 0.3) is 5.69 Å². The van der Waals surface area contributed by atoms with Crippen LogP contribution in [0.1, 0.15) is 17.3 Å². The Morgan fingerprint density at radius 1 is 1.10 bits per heavy atom. The van der Waals surface area contributed by atoms with Crippen LogP contribution in [0.3, 0.4) is 0 Å². The number of rotatable bonds is 4. The summed E-state index contributed by atoms with van der Waals surface area (Å²) >= 11 is 0. The molecule has 2 aromatic heterocycles. The summed E-state index contributed by atoms with van der Waals surface area (Å²) in [5.41, 5.74) is 3.26. The Balaban J connectivity index is 2.04. The van der Waals surface area contributed by atoms with Gasteiger partial charge >= 0.3 is 0 Å². The Morgan fingerprint density at radius 2 is 1.90 bits per heavy atom. The largest absolute Gasteiger partial charge is 0.308 e. The van der Waals surface area contributed by atoms with Crippen molar-refractivity contribution in [1.29, 1.82) is 0 Å². The fourth-order valence-electron chi connectivity index (χ4n) is 2.39. The van der Waals surface area contributed by atoms with Crippen molar-refractivity contribution in [3.05, 3.63) is 66.2 Å². The Hall–Kier alpha value is -2.40. The number of aromatic nitrogens is 4. The highest BCUT2D eigenvalue weighted by molar-refractivity contribution is 5.35. The molecule has 5 heteroatoms. The Bertz CT molecular complexity index is 683. The number of hydrogen-bond donors (Lipinski definition) is 1. The minimum Gasteiger partial charge on any atom is -0.308 e. The van der Waals surface area contributed by atoms with E-state index in [0.717, 1.165) is 16.9 Å². The standard InChI is InChI=1S/C15H17N5/c1-16-15(12-10-18-19(2)11-12)14-8-9-17-20(14)13-6-4-3-5-7-13/h3-11,15-16H,1-2H3. The van der Waals surface area contributed by atoms with E-state index in [9.17, 15) is 0 Å². The van der Waals surface area contributed by atoms with Crippen LogP contribution in [-0.4, -0.2) is 26.6 Å². The predicted octanol–water partition coefficient (Wildman–Crippen LogP) is 1.91. The minimum absolute atomic E-state index is 0.0615. The van der Waals surface area contributed by atoms with Gasteiger partial charge in [-0.2, -0.15) is 10.2 Å². The molecule has 5 nitrogen and oxygen atoms in total. The van der Waals surface area contributed by atoms with Crippen LogP contribution >= 0.6 is 0 Å². The lowest BCUT2D eigenvalue weighted by atomic mass is 10.1. The first-order valence-corrected chi connectivity index (χ1v) is 6.55. The van der Waals surface area contributed by atoms with Gasteiger partial charge in [-0.15, -0.1) is 0 Å². The zero-order valence-corrected chi connectivity index (χ0v) is 11.6. The van der Waals surface area contributed by atoms with Crippen molar-refractivity contribution in [2.24, 2.45) is 7.05 Å². The van der Waals surface area contributed by atoms with Gasteiger partial charge in [0.15, 0.2) is 0 Å². The van der Waals surface area contributed by atoms with Crippen molar-refractivity contribution in [2.75, 3.05) is 7.05 Å². The molecule has 1 N–H and O–H groups in total. The maximum atomic E-state index is 4.44. The average molecular weight is 267 g/mol. The number of nitrogens with zero attached hydrogens (tertiary/aromatic N) is 4. The van der Waals surface area contributed by atoms with E-state index in [4.69, 9.17) is 0 Å². The van der Waals surface area contributed by atoms with Crippen LogP contribution in [0.2, 0.25) is 0 Å². The first-order chi connectivity index (χ1) is 9.79. The highest BCUT2D eigenvalue weighted by Gasteiger charge is 2.18. The van der Waals surface area contributed by atoms with Crippen molar-refractivity contribution >= 4 is 0 Å². The number of hydrogen-bond acceptors (Lipinski definition) is 3. The summed E-state index contributed by atoms with van der Waals surface area (Å²) in [4.78, 5) is 0. The van der Waals surface area contributed by atoms with Crippen LogP contribution < -0.4 is 5.32 Å². The molecule has 0 fully saturated rings. The monoisotopic (exact) mass is 267 g/mol. The van der Waals surface area contributed by atoms with Gasteiger partial charge in [-0.3, -0.25) is 4.68 Å². The highest BCUT2D eigenvalue weighted by atomic mass is 15.3. The van der Waals surface area contributed by atoms with Gasteiger partial charge in [0.1, 0.15) is 0 Å². The summed E-state index contributed by atoms with van der Waals surface area (Å²) in [6.45, 7) is 0. The highest BCUT2D eigenvalue weighted by Crippen LogP contribution is 2.23. The fourth-order valence-corrected chi connectivity index (χ4v) is 2.39. The van der Waals surface area contributed by atoms with E-state index in [1.807, 2.05) is 78.4 Å². The van der Waals surface area contributed by atoms with Gasteiger partial charge < -0.3 is 5.32 Å². The third kappa shape index (κ3) is 2.23. The van der Waals surface area contributed by atoms with Crippen molar-refractivity contribution in [1.82, 2.24) is 24.9 Å². The van der Waals surface area contributed by atoms with E-state index >= 15 is 0 Å². The first-order valence-electron chi connectivity index (χ1n) is 6.55. The minimum atomic E-state index is 0.0615. The maximum Gasteiger partial charge on any atom is 0.0781 e. The maximum absolute atomic E-state index is 4.44. The van der Waals surface area contributed by atoms with Crippen molar-refractivity contribution in [3.63, 3.8) is 0 Å². The topological polar surface area (TPSA) is 47.7 Å². The second-order valence-electron chi connectivity index (χ2n) is 4.67. The SMILES string of the molecule is CNC(c1cnn(C)c1)c1ccnn1-c1ccccc1. The first kappa shape index (κ1) is 12.6. The lowest BCUT2D eigenvalue weighted by Gasteiger charge is -2.16. The molecule has 3 rings (SSSR count). The van der Waals surface area contributed by atoms with E-state index in [1.54, 1.807) is 0 Å². The van der Waals surface area contributed by atoms with Gasteiger partial charge in [0, 0.05) is 25.0 Å². The number of nitrogens with one attached hydrogen (secondary N) is 1. The number of para-hydroxylation sites is 1. The fraction of sp³-hybridized carbons (Fsp3) is 0.200. The Kier molecular flexibility index (Phi) is 3.35. The van der Waals surface area contributed by atoms with E-state index in [2.05, 4.69) is 15.5 Å². The predicted molar refractivity (Wildman–Crippen MR) is 77.7 cm³/mol. The second kappa shape index (κ2) is 5.30. The molecule has 1 unspecified atom stereocenters. The number of benzene rings is 1. The molecular formula is C15H17N5. The normalized spacial score (nSPS) is 12.5. The molecule has 0 saturated carbocycles. The molecule has 1 atom stereocenters. The summed E-state index contributed by atoms with van der Waals surface area (Å²) in [6.07, 6.45) is 5.72. The van der Waals surface area contributed by atoms with Crippen LogP contribution in [0.5, 0.6) is 0 Å². The second-order valence-corrected chi connectivity index (χ2v) is 4.67. The van der Waals surface area contributed by atoms with E-state index in [-0.39, 0.29) is 6.04 Å². The Morgan fingerprint density at radius 3 is 2.55 bits per heavy atom. The molecular weight excluding hydrogens is 250 g/mol. The Labute approximate surface area is 117 Å². The molecule has 1 aromatic carbocycles. The molecule has 20 heavy (non-hydrogen) atoms. The third-order valence-corrected chi connectivity index (χ3v) is 3.32. The number of aryl methyl sites for hydroxylation is 1. The van der Waals surface area contributed by atoms with Crippen molar-refractivity contribution in [2.45, 2.75) is 6.04 Å². The van der Waals surface area contributed by atoms with Gasteiger partial charge in [-0.25, -0.2) is 4.68 Å². The smallest absolute Gasteiger partial charge is 0.0781 e. The van der Waals surface area contributed by atoms with Crippen LogP contribution in [0.4, 0.5) is 0 Å². The molecule has 0 bridgehead atoms. The molecule has 0 radical (unpaired) electrons. The molecule has 2 heterocycles. The van der Waals surface area contributed by atoms with Crippen LogP contribution in [0.15, 0.2) is 55.0 Å². The molecule has 0 spiro atoms. The molecule has 0 aliphatic heterocycles. The third-order valence-electron chi connectivity index (χ3n) is 3.32. The summed E-state index contributed by atoms with van der Waals surface area (Å²) in [5, 5.41) is 12.0. The lowest BCUT2D eigenvalue weighted by molar-refractivity contribution is 0.636. The summed E-state index contributed by atoms with van der Waals surface area (Å²) in [6, 6.07) is 12.2. The van der Waals surface area contributed by atoms with Gasteiger partial charge in [0.25, 0.3) is 0 Å². The molecule has 0 amide bonds. The van der Waals surface area contributed by atoms with E-state index in [0.29, 0.717) is 0 Å². The van der Waals surface area contributed by atoms with E-state index < -0.39 is 0 Å². The van der Waals surface area contributed by atoms with Crippen molar-refractivity contribution < 1.29 is 0 Å². The summed E-state index contributed by atoms with van der Waals surface area (Å²) in [5.74, 6) is 0. The molecule has 0 saturated heterocycles. The lowest BCUT2D eigenvalue weighted by Crippen LogP contribution is -2.20. The van der Waals surface area contributed by atoms with E-state index in [1.165, 1.54) is 0 Å². The zero-order chi connectivity index (χ0) is 13.9. The van der Waals surface area contributed by atoms with Gasteiger partial charge in [0.2, 0.25) is 0 Å². The average Bonchev–Trinajstić information content (AvgIpc) is 3.11. The zero-order valence-electron chi connectivity index (χ0n) is 11.6. The summed E-state index contributed by atoms with van der Waals surface area (Å²) < 4.78 is 3.76. The molecule has 0 aliphatic rings. The molecule has 102 valence electrons. The van der Waals surface area contributed by atoms with Crippen LogP contribution in [0, 0.1) is 0 Å². The van der Waals surface area contributed by atoms with Crippen LogP contribution in [-0.2, 0) is 7.05 Å². The van der Waals surface area contributed by atoms with Gasteiger partial charge in [-0.05, 0) is 25.2 Å². The van der Waals surface area contributed by atoms with Gasteiger partial charge in [0.05, 0.1) is 23.6 Å². The molecule has 3 aromatic rings. The molecule has 0 aliphatic carbocycles. The van der Waals surface area contributed by atoms with Gasteiger partial charge in [-0.1, -0.05) is 18.2 Å². The quantitative estimate of drug-likeness (QED) is 0.785.